The SMILES string of the molecule is Clc1[c]c(Cl)cc(Br)c1. The van der Waals surface area contributed by atoms with Crippen molar-refractivity contribution in [1.29, 1.82) is 0 Å². The van der Waals surface area contributed by atoms with E-state index in [0.29, 0.717) is 10.0 Å². The van der Waals surface area contributed by atoms with Gasteiger partial charge in [0.15, 0.2) is 0 Å². The number of hydrogen-bond acceptors (Lipinski definition) is 0. The van der Waals surface area contributed by atoms with Gasteiger partial charge < -0.3 is 0 Å². The molecule has 0 saturated carbocycles. The minimum absolute atomic E-state index is 0.523. The largest absolute Gasteiger partial charge is 0.0836 e. The molecule has 0 spiro atoms. The van der Waals surface area contributed by atoms with Gasteiger partial charge in [-0.25, -0.2) is 0 Å². The van der Waals surface area contributed by atoms with Crippen LogP contribution in [0.3, 0.4) is 0 Å². The summed E-state index contributed by atoms with van der Waals surface area (Å²) >= 11 is 14.4. The van der Waals surface area contributed by atoms with Gasteiger partial charge in [0, 0.05) is 10.5 Å². The van der Waals surface area contributed by atoms with E-state index in [1.165, 1.54) is 0 Å². The Bertz CT molecular complexity index is 172. The molecule has 0 nitrogen and oxygen atoms in total. The van der Waals surface area contributed by atoms with E-state index in [2.05, 4.69) is 22.0 Å². The van der Waals surface area contributed by atoms with Crippen LogP contribution in [0.15, 0.2) is 16.6 Å². The summed E-state index contributed by atoms with van der Waals surface area (Å²) in [5.41, 5.74) is 0. The van der Waals surface area contributed by atoms with Crippen molar-refractivity contribution in [2.45, 2.75) is 0 Å². The molecule has 0 amide bonds. The Balaban J connectivity index is 3.17. The lowest BCUT2D eigenvalue weighted by Crippen LogP contribution is -1.67. The number of halogens is 3. The van der Waals surface area contributed by atoms with Crippen molar-refractivity contribution >= 4 is 39.1 Å². The topological polar surface area (TPSA) is 0 Å². The summed E-state index contributed by atoms with van der Waals surface area (Å²) in [6.07, 6.45) is 0. The molecule has 0 aliphatic rings. The van der Waals surface area contributed by atoms with Crippen molar-refractivity contribution in [2.75, 3.05) is 0 Å². The van der Waals surface area contributed by atoms with Crippen LogP contribution >= 0.6 is 39.1 Å². The molecule has 0 aliphatic carbocycles. The summed E-state index contributed by atoms with van der Waals surface area (Å²) in [6.45, 7) is 0. The van der Waals surface area contributed by atoms with E-state index in [4.69, 9.17) is 23.2 Å². The second-order valence-electron chi connectivity index (χ2n) is 1.49. The molecule has 47 valence electrons. The van der Waals surface area contributed by atoms with Gasteiger partial charge in [-0.15, -0.1) is 0 Å². The third-order valence-corrected chi connectivity index (χ3v) is 1.63. The summed E-state index contributed by atoms with van der Waals surface area (Å²) in [6, 6.07) is 6.17. The van der Waals surface area contributed by atoms with Crippen LogP contribution in [0.25, 0.3) is 0 Å². The molecule has 0 bridgehead atoms. The second-order valence-corrected chi connectivity index (χ2v) is 3.22. The Morgan fingerprint density at radius 1 is 1.22 bits per heavy atom. The predicted octanol–water partition coefficient (Wildman–Crippen LogP) is 3.56. The average Bonchev–Trinajstić information content (AvgIpc) is 1.59. The summed E-state index contributed by atoms with van der Waals surface area (Å²) in [4.78, 5) is 0. The maximum absolute atomic E-state index is 5.58. The van der Waals surface area contributed by atoms with Gasteiger partial charge in [-0.3, -0.25) is 0 Å². The quantitative estimate of drug-likeness (QED) is 0.633. The van der Waals surface area contributed by atoms with E-state index in [0.717, 1.165) is 4.47 Å². The van der Waals surface area contributed by atoms with Crippen molar-refractivity contribution < 1.29 is 0 Å². The standard InChI is InChI=1S/C6H2BrCl2/c7-4-1-5(8)3-6(9)2-4/h1-2H. The molecule has 0 atom stereocenters. The highest BCUT2D eigenvalue weighted by Crippen LogP contribution is 2.21. The van der Waals surface area contributed by atoms with Crippen LogP contribution in [-0.4, -0.2) is 0 Å². The Labute approximate surface area is 71.9 Å². The highest BCUT2D eigenvalue weighted by molar-refractivity contribution is 9.10. The molecule has 0 saturated heterocycles. The Morgan fingerprint density at radius 3 is 2.00 bits per heavy atom. The Hall–Kier alpha value is 0.280. The number of hydrogen-bond donors (Lipinski definition) is 0. The molecule has 1 rings (SSSR count). The summed E-state index contributed by atoms with van der Waals surface area (Å²) in [5, 5.41) is 1.05. The maximum atomic E-state index is 5.58. The molecule has 0 N–H and O–H groups in total. The minimum atomic E-state index is 0.523. The van der Waals surface area contributed by atoms with E-state index >= 15 is 0 Å². The van der Waals surface area contributed by atoms with E-state index in [1.54, 1.807) is 12.1 Å². The van der Waals surface area contributed by atoms with Crippen LogP contribution in [-0.2, 0) is 0 Å². The van der Waals surface area contributed by atoms with E-state index in [-0.39, 0.29) is 0 Å². The van der Waals surface area contributed by atoms with Gasteiger partial charge >= 0.3 is 0 Å². The second kappa shape index (κ2) is 2.91. The van der Waals surface area contributed by atoms with Crippen LogP contribution in [0.1, 0.15) is 0 Å². The molecule has 0 unspecified atom stereocenters. The van der Waals surface area contributed by atoms with E-state index in [9.17, 15) is 0 Å². The first-order valence-corrected chi connectivity index (χ1v) is 3.77. The van der Waals surface area contributed by atoms with Crippen LogP contribution < -0.4 is 0 Å². The Kier molecular flexibility index (Phi) is 2.39. The van der Waals surface area contributed by atoms with Gasteiger partial charge in [-0.1, -0.05) is 39.1 Å². The molecule has 0 heterocycles. The molecular formula is C6H2BrCl2. The van der Waals surface area contributed by atoms with Gasteiger partial charge in [0.1, 0.15) is 0 Å². The zero-order valence-electron chi connectivity index (χ0n) is 4.29. The molecular weight excluding hydrogens is 223 g/mol. The lowest BCUT2D eigenvalue weighted by atomic mass is 10.4. The van der Waals surface area contributed by atoms with Crippen LogP contribution in [0.2, 0.25) is 10.0 Å². The van der Waals surface area contributed by atoms with Crippen molar-refractivity contribution in [3.63, 3.8) is 0 Å². The third kappa shape index (κ3) is 2.17. The van der Waals surface area contributed by atoms with Gasteiger partial charge in [0.05, 0.1) is 10.0 Å². The minimum Gasteiger partial charge on any atom is -0.0836 e. The maximum Gasteiger partial charge on any atom is 0.0511 e. The lowest BCUT2D eigenvalue weighted by Gasteiger charge is -1.91. The van der Waals surface area contributed by atoms with Gasteiger partial charge in [0.2, 0.25) is 0 Å². The van der Waals surface area contributed by atoms with Crippen molar-refractivity contribution in [3.05, 3.63) is 32.7 Å². The van der Waals surface area contributed by atoms with Gasteiger partial charge in [-0.05, 0) is 12.1 Å². The fourth-order valence-electron chi connectivity index (χ4n) is 0.470. The highest BCUT2D eigenvalue weighted by atomic mass is 79.9. The summed E-state index contributed by atoms with van der Waals surface area (Å²) < 4.78 is 0.872. The van der Waals surface area contributed by atoms with Gasteiger partial charge in [-0.2, -0.15) is 0 Å². The third-order valence-electron chi connectivity index (χ3n) is 0.768. The smallest absolute Gasteiger partial charge is 0.0511 e. The summed E-state index contributed by atoms with van der Waals surface area (Å²) in [5.74, 6) is 0. The normalized spacial score (nSPS) is 9.67. The molecule has 9 heavy (non-hydrogen) atoms. The van der Waals surface area contributed by atoms with E-state index in [1.807, 2.05) is 0 Å². The van der Waals surface area contributed by atoms with Crippen LogP contribution in [0.4, 0.5) is 0 Å². The van der Waals surface area contributed by atoms with Crippen LogP contribution in [0, 0.1) is 6.07 Å². The molecule has 0 aromatic heterocycles. The first-order chi connectivity index (χ1) is 4.18. The Morgan fingerprint density at radius 2 is 1.67 bits per heavy atom. The monoisotopic (exact) mass is 223 g/mol. The fourth-order valence-corrected chi connectivity index (χ4v) is 1.68. The predicted molar refractivity (Wildman–Crippen MR) is 43.0 cm³/mol. The highest BCUT2D eigenvalue weighted by Gasteiger charge is 1.93. The zero-order valence-corrected chi connectivity index (χ0v) is 7.39. The van der Waals surface area contributed by atoms with Crippen molar-refractivity contribution in [1.82, 2.24) is 0 Å². The average molecular weight is 225 g/mol. The molecule has 0 fully saturated rings. The molecule has 1 radical (unpaired) electrons. The van der Waals surface area contributed by atoms with E-state index < -0.39 is 0 Å². The molecule has 3 heteroatoms. The lowest BCUT2D eigenvalue weighted by molar-refractivity contribution is 1.63. The first kappa shape index (κ1) is 7.39. The molecule has 1 aromatic carbocycles. The summed E-state index contributed by atoms with van der Waals surface area (Å²) in [7, 11) is 0. The first-order valence-electron chi connectivity index (χ1n) is 2.22. The number of benzene rings is 1. The molecule has 1 aromatic rings. The fraction of sp³-hybridized carbons (Fsp3) is 0. The number of rotatable bonds is 0. The zero-order chi connectivity index (χ0) is 6.85. The van der Waals surface area contributed by atoms with Crippen LogP contribution in [0.5, 0.6) is 0 Å². The van der Waals surface area contributed by atoms with Gasteiger partial charge in [0.25, 0.3) is 0 Å². The molecule has 0 aliphatic heterocycles. The van der Waals surface area contributed by atoms with Crippen molar-refractivity contribution in [3.8, 4) is 0 Å². The van der Waals surface area contributed by atoms with Crippen molar-refractivity contribution in [2.24, 2.45) is 0 Å².